The summed E-state index contributed by atoms with van der Waals surface area (Å²) in [6, 6.07) is 4.16. The Kier molecular flexibility index (Phi) is 3.73. The number of H-pyrrole nitrogens is 2. The lowest BCUT2D eigenvalue weighted by Crippen LogP contribution is -2.36. The summed E-state index contributed by atoms with van der Waals surface area (Å²) < 4.78 is 0. The number of carbonyl (C=O) groups excluding carboxylic acids is 1. The molecule has 2 aliphatic rings. The van der Waals surface area contributed by atoms with E-state index >= 15 is 0 Å². The fourth-order valence-corrected chi connectivity index (χ4v) is 4.58. The maximum Gasteiger partial charge on any atom is 0.323 e. The van der Waals surface area contributed by atoms with E-state index in [2.05, 4.69) is 42.4 Å². The number of rotatable bonds is 3. The molecule has 3 aromatic heterocycles. The minimum Gasteiger partial charge on any atom is -0.356 e. The van der Waals surface area contributed by atoms with Gasteiger partial charge in [0.2, 0.25) is 0 Å². The third-order valence-electron chi connectivity index (χ3n) is 5.97. The Morgan fingerprint density at radius 1 is 1.26 bits per heavy atom. The van der Waals surface area contributed by atoms with E-state index in [1.54, 1.807) is 18.6 Å². The van der Waals surface area contributed by atoms with Gasteiger partial charge in [0, 0.05) is 38.4 Å². The molecule has 9 nitrogen and oxygen atoms in total. The van der Waals surface area contributed by atoms with E-state index in [0.717, 1.165) is 42.8 Å². The average Bonchev–Trinajstić information content (AvgIpc) is 3.42. The highest BCUT2D eigenvalue weighted by molar-refractivity contribution is 5.88. The van der Waals surface area contributed by atoms with Crippen LogP contribution >= 0.6 is 0 Å². The third kappa shape index (κ3) is 2.79. The lowest BCUT2D eigenvalue weighted by Gasteiger charge is -2.28. The van der Waals surface area contributed by atoms with Crippen molar-refractivity contribution in [2.45, 2.75) is 18.9 Å². The van der Waals surface area contributed by atoms with Crippen molar-refractivity contribution in [3.63, 3.8) is 0 Å². The zero-order chi connectivity index (χ0) is 18.4. The van der Waals surface area contributed by atoms with E-state index < -0.39 is 0 Å². The van der Waals surface area contributed by atoms with E-state index in [0.29, 0.717) is 23.7 Å². The van der Waals surface area contributed by atoms with Crippen LogP contribution in [0.2, 0.25) is 0 Å². The quantitative estimate of drug-likeness (QED) is 0.658. The number of hydrogen-bond acceptors (Lipinski definition) is 5. The second kappa shape index (κ2) is 6.26. The summed E-state index contributed by atoms with van der Waals surface area (Å²) in [5.74, 6) is 2.68. The van der Waals surface area contributed by atoms with Crippen molar-refractivity contribution in [3.05, 3.63) is 30.9 Å². The first-order valence-electron chi connectivity index (χ1n) is 9.25. The van der Waals surface area contributed by atoms with Gasteiger partial charge in [-0.15, -0.1) is 0 Å². The van der Waals surface area contributed by atoms with Crippen LogP contribution in [-0.2, 0) is 0 Å². The molecular formula is C18H22N8O. The molecule has 9 heteroatoms. The van der Waals surface area contributed by atoms with Crippen molar-refractivity contribution in [1.29, 1.82) is 0 Å². The first kappa shape index (κ1) is 16.1. The zero-order valence-electron chi connectivity index (χ0n) is 15.1. The topological polar surface area (TPSA) is 106 Å². The largest absolute Gasteiger partial charge is 0.356 e. The fraction of sp³-hybridized carbons (Fsp3) is 0.444. The van der Waals surface area contributed by atoms with Crippen molar-refractivity contribution in [3.8, 4) is 0 Å². The van der Waals surface area contributed by atoms with E-state index in [1.807, 2.05) is 17.2 Å². The van der Waals surface area contributed by atoms with Crippen LogP contribution in [0.4, 0.5) is 16.4 Å². The zero-order valence-corrected chi connectivity index (χ0v) is 15.1. The van der Waals surface area contributed by atoms with Crippen molar-refractivity contribution < 1.29 is 4.79 Å². The number of nitrogens with one attached hydrogen (secondary N) is 3. The number of aromatic amines is 2. The number of fused-ring (bicyclic) bond motifs is 2. The minimum absolute atomic E-state index is 0.0524. The Morgan fingerprint density at radius 2 is 2.07 bits per heavy atom. The molecule has 3 N–H and O–H groups in total. The Bertz CT molecular complexity index is 937. The molecule has 0 spiro atoms. The number of hydrogen-bond donors (Lipinski definition) is 3. The lowest BCUT2D eigenvalue weighted by atomic mass is 10.0. The number of anilines is 2. The molecule has 1 saturated carbocycles. The molecule has 27 heavy (non-hydrogen) atoms. The predicted octanol–water partition coefficient (Wildman–Crippen LogP) is 2.06. The summed E-state index contributed by atoms with van der Waals surface area (Å²) in [6.45, 7) is 1.61. The standard InChI is InChI=1S/C18H22N8O/c1-25(17-14-2-4-19-16(14)20-10-21-17)13-6-11-8-26(9-12(11)7-13)18(27)23-15-3-5-22-24-15/h2-5,10-13H,6-9H2,1H3,(H,19,20,21)(H2,22,23,24,27)/t11-,12+,13?. The second-order valence-corrected chi connectivity index (χ2v) is 7.50. The first-order chi connectivity index (χ1) is 13.2. The summed E-state index contributed by atoms with van der Waals surface area (Å²) in [7, 11) is 2.11. The van der Waals surface area contributed by atoms with Crippen molar-refractivity contribution in [2.24, 2.45) is 11.8 Å². The summed E-state index contributed by atoms with van der Waals surface area (Å²) >= 11 is 0. The summed E-state index contributed by atoms with van der Waals surface area (Å²) in [5, 5.41) is 10.5. The number of amides is 2. The van der Waals surface area contributed by atoms with Gasteiger partial charge in [-0.05, 0) is 30.7 Å². The molecule has 140 valence electrons. The van der Waals surface area contributed by atoms with Crippen LogP contribution in [0.5, 0.6) is 0 Å². The summed E-state index contributed by atoms with van der Waals surface area (Å²) in [6.07, 6.45) is 7.29. The third-order valence-corrected chi connectivity index (χ3v) is 5.97. The molecular weight excluding hydrogens is 344 g/mol. The molecule has 1 saturated heterocycles. The number of likely N-dealkylation sites (tertiary alicyclic amines) is 1. The van der Waals surface area contributed by atoms with Crippen LogP contribution in [0.1, 0.15) is 12.8 Å². The average molecular weight is 366 g/mol. The molecule has 2 fully saturated rings. The molecule has 3 atom stereocenters. The van der Waals surface area contributed by atoms with E-state index in [4.69, 9.17) is 0 Å². The number of carbonyl (C=O) groups is 1. The molecule has 4 heterocycles. The molecule has 3 aromatic rings. The molecule has 1 unspecified atom stereocenters. The Hall–Kier alpha value is -3.10. The van der Waals surface area contributed by atoms with Crippen molar-refractivity contribution in [2.75, 3.05) is 30.4 Å². The van der Waals surface area contributed by atoms with Crippen LogP contribution in [0.25, 0.3) is 11.0 Å². The van der Waals surface area contributed by atoms with Gasteiger partial charge in [-0.2, -0.15) is 5.10 Å². The van der Waals surface area contributed by atoms with Crippen LogP contribution in [0.3, 0.4) is 0 Å². The van der Waals surface area contributed by atoms with Crippen LogP contribution in [0.15, 0.2) is 30.9 Å². The Balaban J connectivity index is 1.24. The number of nitrogens with zero attached hydrogens (tertiary/aromatic N) is 5. The smallest absolute Gasteiger partial charge is 0.323 e. The minimum atomic E-state index is -0.0524. The van der Waals surface area contributed by atoms with E-state index in [-0.39, 0.29) is 6.03 Å². The van der Waals surface area contributed by atoms with Gasteiger partial charge in [0.25, 0.3) is 0 Å². The molecule has 1 aliphatic carbocycles. The van der Waals surface area contributed by atoms with Crippen LogP contribution in [0, 0.1) is 11.8 Å². The highest BCUT2D eigenvalue weighted by Gasteiger charge is 2.44. The first-order valence-corrected chi connectivity index (χ1v) is 9.25. The molecule has 0 radical (unpaired) electrons. The fourth-order valence-electron chi connectivity index (χ4n) is 4.58. The highest BCUT2D eigenvalue weighted by atomic mass is 16.2. The summed E-state index contributed by atoms with van der Waals surface area (Å²) in [5.41, 5.74) is 0.867. The van der Waals surface area contributed by atoms with Gasteiger partial charge in [0.15, 0.2) is 0 Å². The van der Waals surface area contributed by atoms with Gasteiger partial charge in [-0.25, -0.2) is 14.8 Å². The number of urea groups is 1. The highest BCUT2D eigenvalue weighted by Crippen LogP contribution is 2.41. The van der Waals surface area contributed by atoms with Gasteiger partial charge in [-0.1, -0.05) is 0 Å². The van der Waals surface area contributed by atoms with Gasteiger partial charge < -0.3 is 14.8 Å². The second-order valence-electron chi connectivity index (χ2n) is 7.50. The lowest BCUT2D eigenvalue weighted by molar-refractivity contribution is 0.218. The maximum atomic E-state index is 12.4. The van der Waals surface area contributed by atoms with E-state index in [9.17, 15) is 4.79 Å². The molecule has 0 bridgehead atoms. The van der Waals surface area contributed by atoms with Crippen LogP contribution in [-0.4, -0.2) is 62.3 Å². The molecule has 5 rings (SSSR count). The Morgan fingerprint density at radius 3 is 2.81 bits per heavy atom. The molecule has 1 aliphatic heterocycles. The predicted molar refractivity (Wildman–Crippen MR) is 101 cm³/mol. The maximum absolute atomic E-state index is 12.4. The van der Waals surface area contributed by atoms with Crippen molar-refractivity contribution >= 4 is 28.7 Å². The van der Waals surface area contributed by atoms with E-state index in [1.165, 1.54) is 0 Å². The van der Waals surface area contributed by atoms with Crippen LogP contribution < -0.4 is 10.2 Å². The monoisotopic (exact) mass is 366 g/mol. The molecule has 2 amide bonds. The van der Waals surface area contributed by atoms with Gasteiger partial charge in [-0.3, -0.25) is 10.4 Å². The number of aromatic nitrogens is 5. The van der Waals surface area contributed by atoms with Gasteiger partial charge in [0.1, 0.15) is 23.6 Å². The summed E-state index contributed by atoms with van der Waals surface area (Å²) in [4.78, 5) is 28.6. The van der Waals surface area contributed by atoms with Crippen molar-refractivity contribution in [1.82, 2.24) is 30.0 Å². The normalized spacial score (nSPS) is 24.3. The Labute approximate surface area is 156 Å². The molecule has 0 aromatic carbocycles. The van der Waals surface area contributed by atoms with Gasteiger partial charge in [0.05, 0.1) is 11.6 Å². The SMILES string of the molecule is CN(c1ncnc2[nH]ccc12)C1C[C@@H]2CN(C(=O)Nc3ccn[nH]3)C[C@@H]2C1. The van der Waals surface area contributed by atoms with Gasteiger partial charge >= 0.3 is 6.03 Å².